The topological polar surface area (TPSA) is 87.5 Å². The maximum Gasteiger partial charge on any atom is 0.234 e. The average Bonchev–Trinajstić information content (AvgIpc) is 3.41. The zero-order chi connectivity index (χ0) is 29.5. The molecular formula is C31H26F2N4O4S. The highest BCUT2D eigenvalue weighted by atomic mass is 32.2. The Kier molecular flexibility index (Phi) is 8.98. The maximum absolute atomic E-state index is 13.6. The first-order valence-corrected chi connectivity index (χ1v) is 13.8. The van der Waals surface area contributed by atoms with Gasteiger partial charge in [0, 0.05) is 23.9 Å². The molecule has 5 rings (SSSR count). The molecule has 11 heteroatoms. The SMILES string of the molecule is COc1ccc(Cc2nnc(SCC(=O)Nc3ccc(F)c(F)c3)n2-c2ccc(Oc3ccccc3)cc2)cc1OC. The summed E-state index contributed by atoms with van der Waals surface area (Å²) in [5, 5.41) is 11.8. The fourth-order valence-corrected chi connectivity index (χ4v) is 4.90. The summed E-state index contributed by atoms with van der Waals surface area (Å²) in [6.07, 6.45) is 0.414. The number of benzene rings is 4. The minimum Gasteiger partial charge on any atom is -0.493 e. The van der Waals surface area contributed by atoms with Crippen LogP contribution in [0.5, 0.6) is 23.0 Å². The zero-order valence-electron chi connectivity index (χ0n) is 22.7. The van der Waals surface area contributed by atoms with Gasteiger partial charge in [-0.05, 0) is 66.2 Å². The number of halogens is 2. The molecule has 1 amide bonds. The Balaban J connectivity index is 1.40. The van der Waals surface area contributed by atoms with E-state index in [4.69, 9.17) is 14.2 Å². The van der Waals surface area contributed by atoms with E-state index in [1.54, 1.807) is 14.2 Å². The van der Waals surface area contributed by atoms with Crippen molar-refractivity contribution >= 4 is 23.4 Å². The Morgan fingerprint density at radius 1 is 0.833 bits per heavy atom. The van der Waals surface area contributed by atoms with Crippen molar-refractivity contribution in [3.8, 4) is 28.7 Å². The Morgan fingerprint density at radius 2 is 1.57 bits per heavy atom. The summed E-state index contributed by atoms with van der Waals surface area (Å²) in [5.74, 6) is 0.717. The van der Waals surface area contributed by atoms with Crippen molar-refractivity contribution < 1.29 is 27.8 Å². The molecule has 5 aromatic rings. The second-order valence-corrected chi connectivity index (χ2v) is 9.92. The van der Waals surface area contributed by atoms with Crippen LogP contribution >= 0.6 is 11.8 Å². The van der Waals surface area contributed by atoms with E-state index in [2.05, 4.69) is 15.5 Å². The molecule has 0 fully saturated rings. The van der Waals surface area contributed by atoms with E-state index in [0.29, 0.717) is 40.4 Å². The van der Waals surface area contributed by atoms with E-state index in [0.717, 1.165) is 35.1 Å². The molecule has 4 aromatic carbocycles. The number of hydrogen-bond acceptors (Lipinski definition) is 7. The van der Waals surface area contributed by atoms with Crippen LogP contribution in [0.3, 0.4) is 0 Å². The van der Waals surface area contributed by atoms with Gasteiger partial charge in [0.25, 0.3) is 0 Å². The third-order valence-corrected chi connectivity index (χ3v) is 7.05. The van der Waals surface area contributed by atoms with Crippen LogP contribution < -0.4 is 19.5 Å². The molecule has 0 bridgehead atoms. The maximum atomic E-state index is 13.6. The molecule has 0 saturated heterocycles. The number of ether oxygens (including phenoxy) is 3. The smallest absolute Gasteiger partial charge is 0.234 e. The number of carbonyl (C=O) groups excluding carboxylic acids is 1. The van der Waals surface area contributed by atoms with Gasteiger partial charge in [-0.3, -0.25) is 9.36 Å². The lowest BCUT2D eigenvalue weighted by atomic mass is 10.1. The average molecular weight is 589 g/mol. The lowest BCUT2D eigenvalue weighted by molar-refractivity contribution is -0.113. The molecule has 0 aliphatic rings. The molecule has 0 aliphatic heterocycles. The molecule has 1 aromatic heterocycles. The number of amides is 1. The molecule has 8 nitrogen and oxygen atoms in total. The highest BCUT2D eigenvalue weighted by molar-refractivity contribution is 7.99. The third kappa shape index (κ3) is 6.87. The van der Waals surface area contributed by atoms with Gasteiger partial charge in [0.15, 0.2) is 28.3 Å². The number of nitrogens with zero attached hydrogens (tertiary/aromatic N) is 3. The first-order chi connectivity index (χ1) is 20.4. The van der Waals surface area contributed by atoms with Crippen molar-refractivity contribution in [3.05, 3.63) is 114 Å². The number of hydrogen-bond donors (Lipinski definition) is 1. The Morgan fingerprint density at radius 3 is 2.29 bits per heavy atom. The van der Waals surface area contributed by atoms with Crippen molar-refractivity contribution in [2.24, 2.45) is 0 Å². The molecule has 0 aliphatic carbocycles. The van der Waals surface area contributed by atoms with Crippen LogP contribution in [0, 0.1) is 11.6 Å². The number of nitrogens with one attached hydrogen (secondary N) is 1. The first kappa shape index (κ1) is 28.6. The van der Waals surface area contributed by atoms with Crippen LogP contribution in [-0.4, -0.2) is 40.6 Å². The van der Waals surface area contributed by atoms with E-state index in [1.165, 1.54) is 6.07 Å². The zero-order valence-corrected chi connectivity index (χ0v) is 23.5. The normalized spacial score (nSPS) is 10.8. The van der Waals surface area contributed by atoms with Crippen LogP contribution in [0.2, 0.25) is 0 Å². The predicted octanol–water partition coefficient (Wildman–Crippen LogP) is 6.68. The van der Waals surface area contributed by atoms with Gasteiger partial charge in [-0.25, -0.2) is 8.78 Å². The second kappa shape index (κ2) is 13.2. The lowest BCUT2D eigenvalue weighted by Gasteiger charge is -2.13. The van der Waals surface area contributed by atoms with E-state index in [1.807, 2.05) is 77.4 Å². The van der Waals surface area contributed by atoms with Crippen LogP contribution in [0.15, 0.2) is 96.2 Å². The predicted molar refractivity (Wildman–Crippen MR) is 156 cm³/mol. The van der Waals surface area contributed by atoms with E-state index >= 15 is 0 Å². The van der Waals surface area contributed by atoms with Crippen molar-refractivity contribution in [1.82, 2.24) is 14.8 Å². The molecule has 0 unspecified atom stereocenters. The quantitative estimate of drug-likeness (QED) is 0.172. The highest BCUT2D eigenvalue weighted by Crippen LogP contribution is 2.30. The minimum absolute atomic E-state index is 0.0390. The molecule has 0 atom stereocenters. The summed E-state index contributed by atoms with van der Waals surface area (Å²) in [6, 6.07) is 25.7. The van der Waals surface area contributed by atoms with Gasteiger partial charge in [-0.15, -0.1) is 10.2 Å². The molecule has 0 spiro atoms. The molecular weight excluding hydrogens is 562 g/mol. The minimum atomic E-state index is -1.04. The largest absolute Gasteiger partial charge is 0.493 e. The molecule has 0 saturated carbocycles. The molecule has 42 heavy (non-hydrogen) atoms. The van der Waals surface area contributed by atoms with Gasteiger partial charge in [0.05, 0.1) is 20.0 Å². The number of rotatable bonds is 11. The molecule has 1 N–H and O–H groups in total. The van der Waals surface area contributed by atoms with Gasteiger partial charge < -0.3 is 19.5 Å². The molecule has 0 radical (unpaired) electrons. The number of methoxy groups -OCH3 is 2. The number of thioether (sulfide) groups is 1. The van der Waals surface area contributed by atoms with Gasteiger partial charge in [-0.1, -0.05) is 36.0 Å². The first-order valence-electron chi connectivity index (χ1n) is 12.8. The van der Waals surface area contributed by atoms with E-state index in [9.17, 15) is 13.6 Å². The van der Waals surface area contributed by atoms with Crippen LogP contribution in [0.1, 0.15) is 11.4 Å². The molecule has 214 valence electrons. The number of aromatic nitrogens is 3. The number of para-hydroxylation sites is 1. The van der Waals surface area contributed by atoms with E-state index < -0.39 is 17.5 Å². The second-order valence-electron chi connectivity index (χ2n) is 8.98. The summed E-state index contributed by atoms with van der Waals surface area (Å²) in [5.41, 5.74) is 1.83. The summed E-state index contributed by atoms with van der Waals surface area (Å²) in [7, 11) is 3.15. The molecule has 1 heterocycles. The van der Waals surface area contributed by atoms with Gasteiger partial charge in [-0.2, -0.15) is 0 Å². The fraction of sp³-hybridized carbons (Fsp3) is 0.129. The number of carbonyl (C=O) groups is 1. The summed E-state index contributed by atoms with van der Waals surface area (Å²) in [6.45, 7) is 0. The summed E-state index contributed by atoms with van der Waals surface area (Å²) in [4.78, 5) is 12.6. The van der Waals surface area contributed by atoms with Gasteiger partial charge >= 0.3 is 0 Å². The van der Waals surface area contributed by atoms with Crippen LogP contribution in [0.25, 0.3) is 5.69 Å². The van der Waals surface area contributed by atoms with Gasteiger partial charge in [0.2, 0.25) is 5.91 Å². The van der Waals surface area contributed by atoms with Crippen LogP contribution in [0.4, 0.5) is 14.5 Å². The van der Waals surface area contributed by atoms with Crippen molar-refractivity contribution in [1.29, 1.82) is 0 Å². The Bertz CT molecular complexity index is 1680. The standard InChI is InChI=1S/C31H26F2N4O4S/c1-39-27-15-8-20(16-28(27)40-2)17-29-35-36-31(42-19-30(38)34-21-9-14-25(32)26(33)18-21)37(29)22-10-12-24(13-11-22)41-23-6-4-3-5-7-23/h3-16,18H,17,19H2,1-2H3,(H,34,38). The third-order valence-electron chi connectivity index (χ3n) is 6.12. The number of anilines is 1. The monoisotopic (exact) mass is 588 g/mol. The van der Waals surface area contributed by atoms with E-state index in [-0.39, 0.29) is 11.4 Å². The van der Waals surface area contributed by atoms with Crippen molar-refractivity contribution in [2.45, 2.75) is 11.6 Å². The van der Waals surface area contributed by atoms with Crippen molar-refractivity contribution in [2.75, 3.05) is 25.3 Å². The lowest BCUT2D eigenvalue weighted by Crippen LogP contribution is -2.15. The summed E-state index contributed by atoms with van der Waals surface area (Å²) < 4.78 is 45.4. The Labute approximate surface area is 245 Å². The summed E-state index contributed by atoms with van der Waals surface area (Å²) >= 11 is 1.16. The van der Waals surface area contributed by atoms with Crippen molar-refractivity contribution in [3.63, 3.8) is 0 Å². The van der Waals surface area contributed by atoms with Gasteiger partial charge in [0.1, 0.15) is 17.3 Å². The van der Waals surface area contributed by atoms with Crippen LogP contribution in [-0.2, 0) is 11.2 Å². The fourth-order valence-electron chi connectivity index (χ4n) is 4.13. The Hall–Kier alpha value is -4.90. The highest BCUT2D eigenvalue weighted by Gasteiger charge is 2.18.